The van der Waals surface area contributed by atoms with Gasteiger partial charge in [-0.15, -0.1) is 0 Å². The van der Waals surface area contributed by atoms with Crippen molar-refractivity contribution in [2.75, 3.05) is 26.0 Å². The molecule has 4 nitrogen and oxygen atoms in total. The van der Waals surface area contributed by atoms with Crippen LogP contribution in [0.2, 0.25) is 0 Å². The van der Waals surface area contributed by atoms with Crippen LogP contribution in [-0.4, -0.2) is 26.2 Å². The van der Waals surface area contributed by atoms with Crippen LogP contribution >= 0.6 is 0 Å². The molecule has 1 amide bonds. The summed E-state index contributed by atoms with van der Waals surface area (Å²) in [6.45, 7) is 0.738. The molecule has 0 aliphatic heterocycles. The Kier molecular flexibility index (Phi) is 4.05. The zero-order valence-corrected chi connectivity index (χ0v) is 8.42. The van der Waals surface area contributed by atoms with Crippen molar-refractivity contribution in [3.63, 3.8) is 0 Å². The summed E-state index contributed by atoms with van der Waals surface area (Å²) in [7, 11) is 1.52. The highest BCUT2D eigenvalue weighted by Gasteiger charge is 2.10. The van der Waals surface area contributed by atoms with Gasteiger partial charge in [0.2, 0.25) is 0 Å². The summed E-state index contributed by atoms with van der Waals surface area (Å²) in [5, 5.41) is 2.52. The minimum Gasteiger partial charge on any atom is -0.399 e. The molecule has 15 heavy (non-hydrogen) atoms. The van der Waals surface area contributed by atoms with Gasteiger partial charge in [0.25, 0.3) is 5.91 Å². The van der Waals surface area contributed by atoms with Gasteiger partial charge in [-0.1, -0.05) is 0 Å². The Morgan fingerprint density at radius 2 is 2.33 bits per heavy atom. The third-order valence-corrected chi connectivity index (χ3v) is 1.83. The second kappa shape index (κ2) is 5.31. The molecule has 0 fully saturated rings. The number of nitrogens with one attached hydrogen (secondary N) is 1. The molecule has 5 heteroatoms. The van der Waals surface area contributed by atoms with Crippen molar-refractivity contribution >= 4 is 11.6 Å². The van der Waals surface area contributed by atoms with Gasteiger partial charge in [-0.05, 0) is 18.2 Å². The topological polar surface area (TPSA) is 64.3 Å². The summed E-state index contributed by atoms with van der Waals surface area (Å²) in [6.07, 6.45) is 0. The molecule has 3 N–H and O–H groups in total. The Hall–Kier alpha value is -1.62. The Balaban J connectivity index is 2.65. The average Bonchev–Trinajstić information content (AvgIpc) is 2.17. The number of carbonyl (C=O) groups excluding carboxylic acids is 1. The normalized spacial score (nSPS) is 10.0. The molecule has 0 unspecified atom stereocenters. The highest BCUT2D eigenvalue weighted by Crippen LogP contribution is 2.11. The summed E-state index contributed by atoms with van der Waals surface area (Å²) in [5.41, 5.74) is 5.64. The molecule has 0 heterocycles. The standard InChI is InChI=1S/C10H13FN2O2/c1-15-5-4-13-10(14)8-3-2-7(12)6-9(8)11/h2-3,6H,4-5,12H2,1H3,(H,13,14). The van der Waals surface area contributed by atoms with Crippen LogP contribution in [0, 0.1) is 5.82 Å². The monoisotopic (exact) mass is 212 g/mol. The number of benzene rings is 1. The third kappa shape index (κ3) is 3.21. The molecule has 1 rings (SSSR count). The van der Waals surface area contributed by atoms with E-state index in [0.717, 1.165) is 6.07 Å². The number of hydrogen-bond acceptors (Lipinski definition) is 3. The first-order valence-corrected chi connectivity index (χ1v) is 4.47. The first-order chi connectivity index (χ1) is 7.15. The molecule has 0 spiro atoms. The number of ether oxygens (including phenoxy) is 1. The number of halogens is 1. The maximum atomic E-state index is 13.2. The SMILES string of the molecule is COCCNC(=O)c1ccc(N)cc1F. The number of nitrogens with two attached hydrogens (primary N) is 1. The fourth-order valence-corrected chi connectivity index (χ4v) is 1.08. The maximum absolute atomic E-state index is 13.2. The number of nitrogen functional groups attached to an aromatic ring is 1. The Labute approximate surface area is 87.2 Å². The number of methoxy groups -OCH3 is 1. The van der Waals surface area contributed by atoms with Gasteiger partial charge >= 0.3 is 0 Å². The van der Waals surface area contributed by atoms with Crippen molar-refractivity contribution in [3.8, 4) is 0 Å². The fraction of sp³-hybridized carbons (Fsp3) is 0.300. The predicted molar refractivity (Wildman–Crippen MR) is 55.0 cm³/mol. The summed E-state index contributed by atoms with van der Waals surface area (Å²) >= 11 is 0. The molecule has 0 saturated carbocycles. The van der Waals surface area contributed by atoms with Crippen molar-refractivity contribution in [3.05, 3.63) is 29.6 Å². The minimum atomic E-state index is -0.620. The zero-order chi connectivity index (χ0) is 11.3. The van der Waals surface area contributed by atoms with Crippen LogP contribution in [0.15, 0.2) is 18.2 Å². The summed E-state index contributed by atoms with van der Waals surface area (Å²) in [6, 6.07) is 3.95. The van der Waals surface area contributed by atoms with Gasteiger partial charge in [0.15, 0.2) is 0 Å². The van der Waals surface area contributed by atoms with E-state index in [2.05, 4.69) is 5.32 Å². The van der Waals surface area contributed by atoms with E-state index in [1.807, 2.05) is 0 Å². The van der Waals surface area contributed by atoms with E-state index < -0.39 is 11.7 Å². The van der Waals surface area contributed by atoms with Crippen LogP contribution in [0.25, 0.3) is 0 Å². The molecular formula is C10H13FN2O2. The number of anilines is 1. The molecule has 0 aliphatic rings. The van der Waals surface area contributed by atoms with Crippen molar-refractivity contribution in [1.29, 1.82) is 0 Å². The molecular weight excluding hydrogens is 199 g/mol. The van der Waals surface area contributed by atoms with Crippen LogP contribution in [0.4, 0.5) is 10.1 Å². The van der Waals surface area contributed by atoms with Gasteiger partial charge in [-0.3, -0.25) is 4.79 Å². The summed E-state index contributed by atoms with van der Waals surface area (Å²) in [4.78, 5) is 11.4. The van der Waals surface area contributed by atoms with Crippen molar-refractivity contribution < 1.29 is 13.9 Å². The Morgan fingerprint density at radius 1 is 1.60 bits per heavy atom. The lowest BCUT2D eigenvalue weighted by Gasteiger charge is -2.05. The molecule has 82 valence electrons. The van der Waals surface area contributed by atoms with E-state index in [-0.39, 0.29) is 5.56 Å². The van der Waals surface area contributed by atoms with Gasteiger partial charge in [0.1, 0.15) is 5.82 Å². The van der Waals surface area contributed by atoms with E-state index in [4.69, 9.17) is 10.5 Å². The molecule has 0 bridgehead atoms. The van der Waals surface area contributed by atoms with Gasteiger partial charge in [-0.2, -0.15) is 0 Å². The lowest BCUT2D eigenvalue weighted by molar-refractivity contribution is 0.0933. The fourth-order valence-electron chi connectivity index (χ4n) is 1.08. The third-order valence-electron chi connectivity index (χ3n) is 1.83. The van der Waals surface area contributed by atoms with E-state index in [0.29, 0.717) is 18.8 Å². The number of carbonyl (C=O) groups is 1. The first kappa shape index (κ1) is 11.5. The van der Waals surface area contributed by atoms with Crippen LogP contribution in [0.3, 0.4) is 0 Å². The van der Waals surface area contributed by atoms with Gasteiger partial charge in [0.05, 0.1) is 12.2 Å². The van der Waals surface area contributed by atoms with E-state index >= 15 is 0 Å². The number of rotatable bonds is 4. The first-order valence-electron chi connectivity index (χ1n) is 4.47. The van der Waals surface area contributed by atoms with E-state index in [1.165, 1.54) is 19.2 Å². The summed E-state index contributed by atoms with van der Waals surface area (Å²) in [5.74, 6) is -1.09. The molecule has 0 aromatic heterocycles. The number of amides is 1. The van der Waals surface area contributed by atoms with Gasteiger partial charge in [-0.25, -0.2) is 4.39 Å². The van der Waals surface area contributed by atoms with Crippen LogP contribution in [0.1, 0.15) is 10.4 Å². The van der Waals surface area contributed by atoms with E-state index in [1.54, 1.807) is 0 Å². The minimum absolute atomic E-state index is 0.0136. The van der Waals surface area contributed by atoms with Gasteiger partial charge in [0, 0.05) is 19.3 Å². The molecule has 0 aliphatic carbocycles. The van der Waals surface area contributed by atoms with Crippen molar-refractivity contribution in [1.82, 2.24) is 5.32 Å². The van der Waals surface area contributed by atoms with Crippen LogP contribution in [-0.2, 0) is 4.74 Å². The Bertz CT molecular complexity index is 355. The van der Waals surface area contributed by atoms with Crippen molar-refractivity contribution in [2.24, 2.45) is 0 Å². The smallest absolute Gasteiger partial charge is 0.254 e. The summed E-state index contributed by atoms with van der Waals surface area (Å²) < 4.78 is 18.0. The molecule has 1 aromatic carbocycles. The highest BCUT2D eigenvalue weighted by molar-refractivity contribution is 5.94. The second-order valence-electron chi connectivity index (χ2n) is 2.99. The zero-order valence-electron chi connectivity index (χ0n) is 8.42. The quantitative estimate of drug-likeness (QED) is 0.572. The van der Waals surface area contributed by atoms with Crippen molar-refractivity contribution in [2.45, 2.75) is 0 Å². The largest absolute Gasteiger partial charge is 0.399 e. The second-order valence-corrected chi connectivity index (χ2v) is 2.99. The number of hydrogen-bond donors (Lipinski definition) is 2. The van der Waals surface area contributed by atoms with Gasteiger partial charge < -0.3 is 15.8 Å². The molecule has 0 radical (unpaired) electrons. The van der Waals surface area contributed by atoms with Crippen LogP contribution < -0.4 is 11.1 Å². The lowest BCUT2D eigenvalue weighted by atomic mass is 10.2. The molecule has 0 atom stereocenters. The molecule has 1 aromatic rings. The maximum Gasteiger partial charge on any atom is 0.254 e. The lowest BCUT2D eigenvalue weighted by Crippen LogP contribution is -2.27. The highest BCUT2D eigenvalue weighted by atomic mass is 19.1. The van der Waals surface area contributed by atoms with E-state index in [9.17, 15) is 9.18 Å². The average molecular weight is 212 g/mol. The predicted octanol–water partition coefficient (Wildman–Crippen LogP) is 0.784. The molecule has 0 saturated heterocycles. The van der Waals surface area contributed by atoms with Crippen LogP contribution in [0.5, 0.6) is 0 Å². The Morgan fingerprint density at radius 3 is 2.93 bits per heavy atom.